The van der Waals surface area contributed by atoms with Gasteiger partial charge in [-0.3, -0.25) is 33.6 Å². The Morgan fingerprint density at radius 3 is 2.00 bits per heavy atom. The van der Waals surface area contributed by atoms with Crippen molar-refractivity contribution >= 4 is 47.8 Å². The highest BCUT2D eigenvalue weighted by molar-refractivity contribution is 5.89. The van der Waals surface area contributed by atoms with Crippen LogP contribution >= 0.6 is 0 Å². The zero-order valence-electron chi connectivity index (χ0n) is 38.2. The molecule has 16 heteroatoms. The van der Waals surface area contributed by atoms with E-state index in [2.05, 4.69) is 0 Å². The van der Waals surface area contributed by atoms with Crippen LogP contribution in [0.3, 0.4) is 0 Å². The number of benzene rings is 1. The first-order valence-electron chi connectivity index (χ1n) is 21.4. The Hall–Kier alpha value is -5.28. The Bertz CT molecular complexity index is 2110. The van der Waals surface area contributed by atoms with E-state index in [1.807, 2.05) is 0 Å². The number of ether oxygens (including phenoxy) is 8. The Balaban J connectivity index is 1.84. The molecule has 344 valence electrons. The summed E-state index contributed by atoms with van der Waals surface area (Å²) < 4.78 is 49.3. The molecule has 1 aromatic carbocycles. The van der Waals surface area contributed by atoms with Crippen LogP contribution in [-0.4, -0.2) is 98.6 Å². The summed E-state index contributed by atoms with van der Waals surface area (Å²) in [5.41, 5.74) is -8.87. The summed E-state index contributed by atoms with van der Waals surface area (Å²) in [5, 5.41) is 0. The lowest BCUT2D eigenvalue weighted by atomic mass is 9.37. The molecule has 2 bridgehead atoms. The molecule has 3 saturated carbocycles. The second-order valence-corrected chi connectivity index (χ2v) is 19.1. The largest absolute Gasteiger partial charge is 0.469 e. The van der Waals surface area contributed by atoms with Gasteiger partial charge in [-0.2, -0.15) is 0 Å². The second-order valence-electron chi connectivity index (χ2n) is 19.1. The fraction of sp³-hybridized carbons (Fsp3) is 0.660. The third kappa shape index (κ3) is 6.83. The number of carbonyl (C=O) groups excluding carboxylic acids is 8. The third-order valence-electron chi connectivity index (χ3n) is 15.9. The number of hydrogen-bond donors (Lipinski definition) is 0. The standard InChI is InChI=1S/C47H60O16/c1-24-18-34(59-28(5)49)44(10)35(60-29(6)50)21-42(8)22-46(44,63-41(42)55)47(24)25(2)38(61-30(7)51)45(23-58-27(4)48)33(19-36(52)56-11)43(9,26(3)39(53)57-12)20-32(37(45)47)62-40(54)31-16-14-13-15-17-31/h13-18,25-26,32-35,37-38H,19-23H2,1-12H3/t25-,26?,32+,33?,34-,35-,37?,38-,42-,43+,44-,45-,46?,47?/m0/s1. The molecule has 1 saturated heterocycles. The van der Waals surface area contributed by atoms with Crippen molar-refractivity contribution in [1.29, 1.82) is 0 Å². The van der Waals surface area contributed by atoms with Gasteiger partial charge in [0.25, 0.3) is 0 Å². The van der Waals surface area contributed by atoms with E-state index in [1.165, 1.54) is 41.9 Å². The minimum absolute atomic E-state index is 0.0124. The van der Waals surface area contributed by atoms with Crippen LogP contribution in [0.25, 0.3) is 0 Å². The number of methoxy groups -OCH3 is 2. The Labute approximate surface area is 367 Å². The summed E-state index contributed by atoms with van der Waals surface area (Å²) in [5.74, 6) is -9.89. The molecule has 0 radical (unpaired) electrons. The summed E-state index contributed by atoms with van der Waals surface area (Å²) in [6.45, 7) is 14.7. The summed E-state index contributed by atoms with van der Waals surface area (Å²) in [7, 11) is 2.43. The fourth-order valence-electron chi connectivity index (χ4n) is 13.5. The van der Waals surface area contributed by atoms with Gasteiger partial charge in [-0.05, 0) is 56.7 Å². The first kappa shape index (κ1) is 47.2. The van der Waals surface area contributed by atoms with E-state index in [0.29, 0.717) is 5.57 Å². The van der Waals surface area contributed by atoms with Gasteiger partial charge in [-0.15, -0.1) is 0 Å². The van der Waals surface area contributed by atoms with Gasteiger partial charge in [0.1, 0.15) is 36.6 Å². The maximum atomic E-state index is 14.7. The second kappa shape index (κ2) is 16.4. The highest BCUT2D eigenvalue weighted by Crippen LogP contribution is 2.82. The van der Waals surface area contributed by atoms with E-state index in [0.717, 1.165) is 0 Å². The summed E-state index contributed by atoms with van der Waals surface area (Å²) in [6.07, 6.45) is -3.81. The van der Waals surface area contributed by atoms with Crippen molar-refractivity contribution in [1.82, 2.24) is 0 Å². The van der Waals surface area contributed by atoms with Crippen LogP contribution in [0, 0.1) is 50.7 Å². The maximum absolute atomic E-state index is 14.7. The fourth-order valence-corrected chi connectivity index (χ4v) is 13.5. The summed E-state index contributed by atoms with van der Waals surface area (Å²) >= 11 is 0. The molecule has 2 spiro atoms. The first-order chi connectivity index (χ1) is 29.4. The normalized spacial score (nSPS) is 39.0. The minimum Gasteiger partial charge on any atom is -0.469 e. The molecule has 5 unspecified atom stereocenters. The molecule has 1 aliphatic heterocycles. The smallest absolute Gasteiger partial charge is 0.338 e. The number of esters is 8. The highest BCUT2D eigenvalue weighted by atomic mass is 16.6. The molecule has 1 aromatic rings. The van der Waals surface area contributed by atoms with Gasteiger partial charge in [0.15, 0.2) is 0 Å². The summed E-state index contributed by atoms with van der Waals surface area (Å²) in [4.78, 5) is 110. The Morgan fingerprint density at radius 1 is 0.825 bits per heavy atom. The van der Waals surface area contributed by atoms with Crippen molar-refractivity contribution in [3.05, 3.63) is 47.5 Å². The molecule has 0 N–H and O–H groups in total. The van der Waals surface area contributed by atoms with E-state index in [4.69, 9.17) is 37.9 Å². The molecular weight excluding hydrogens is 821 g/mol. The van der Waals surface area contributed by atoms with Crippen LogP contribution in [0.2, 0.25) is 0 Å². The number of hydrogen-bond acceptors (Lipinski definition) is 16. The molecule has 4 aliphatic carbocycles. The average molecular weight is 881 g/mol. The molecule has 5 aliphatic rings. The molecule has 0 amide bonds. The topological polar surface area (TPSA) is 210 Å². The number of carbonyl (C=O) groups is 8. The number of fused-ring (bicyclic) bond motifs is 3. The molecule has 6 rings (SSSR count). The third-order valence-corrected chi connectivity index (χ3v) is 15.9. The van der Waals surface area contributed by atoms with Crippen molar-refractivity contribution in [2.75, 3.05) is 20.8 Å². The van der Waals surface area contributed by atoms with Gasteiger partial charge < -0.3 is 37.9 Å². The average Bonchev–Trinajstić information content (AvgIpc) is 3.58. The zero-order chi connectivity index (χ0) is 46.8. The molecule has 0 aromatic heterocycles. The lowest BCUT2D eigenvalue weighted by Crippen LogP contribution is -2.76. The number of rotatable bonds is 11. The Morgan fingerprint density at radius 2 is 1.44 bits per heavy atom. The molecule has 63 heavy (non-hydrogen) atoms. The van der Waals surface area contributed by atoms with E-state index < -0.39 is 142 Å². The predicted octanol–water partition coefficient (Wildman–Crippen LogP) is 5.27. The molecule has 14 atom stereocenters. The van der Waals surface area contributed by atoms with Crippen molar-refractivity contribution in [3.63, 3.8) is 0 Å². The van der Waals surface area contributed by atoms with Gasteiger partial charge in [0.05, 0.1) is 41.9 Å². The van der Waals surface area contributed by atoms with Crippen LogP contribution in [0.4, 0.5) is 0 Å². The lowest BCUT2D eigenvalue weighted by molar-refractivity contribution is -0.281. The highest BCUT2D eigenvalue weighted by Gasteiger charge is 2.90. The predicted molar refractivity (Wildman–Crippen MR) is 219 cm³/mol. The van der Waals surface area contributed by atoms with Crippen molar-refractivity contribution in [3.8, 4) is 0 Å². The molecular formula is C47H60O16. The van der Waals surface area contributed by atoms with Gasteiger partial charge in [0, 0.05) is 64.2 Å². The van der Waals surface area contributed by atoms with E-state index >= 15 is 0 Å². The van der Waals surface area contributed by atoms with Crippen molar-refractivity contribution < 1.29 is 76.3 Å². The van der Waals surface area contributed by atoms with Gasteiger partial charge in [-0.1, -0.05) is 44.5 Å². The van der Waals surface area contributed by atoms with Crippen LogP contribution in [-0.2, 0) is 71.5 Å². The van der Waals surface area contributed by atoms with Gasteiger partial charge in [-0.25, -0.2) is 4.79 Å². The van der Waals surface area contributed by atoms with Gasteiger partial charge in [0.2, 0.25) is 0 Å². The zero-order valence-corrected chi connectivity index (χ0v) is 38.2. The molecule has 4 fully saturated rings. The quantitative estimate of drug-likeness (QED) is 0.157. The minimum atomic E-state index is -1.83. The molecule has 16 nitrogen and oxygen atoms in total. The SMILES string of the molecule is COC(=O)CC1[C@@](C)(C(C)C(=O)OC)C[C@@H](OC(=O)c2ccccc2)C2C3(C(C)=C[C@H](OC(C)=O)[C@@]4(C)[C@@H](OC(C)=O)C[C@@]5(C)CC34OC5=O)[C@@H](C)[C@H](OC(C)=O)[C@]21COC(C)=O. The molecule has 1 heterocycles. The van der Waals surface area contributed by atoms with Crippen LogP contribution in [0.1, 0.15) is 105 Å². The lowest BCUT2D eigenvalue weighted by Gasteiger charge is -2.68. The summed E-state index contributed by atoms with van der Waals surface area (Å²) in [6, 6.07) is 8.20. The van der Waals surface area contributed by atoms with E-state index in [9.17, 15) is 38.4 Å². The monoisotopic (exact) mass is 880 g/mol. The van der Waals surface area contributed by atoms with E-state index in [-0.39, 0.29) is 24.8 Å². The van der Waals surface area contributed by atoms with Crippen LogP contribution < -0.4 is 0 Å². The van der Waals surface area contributed by atoms with Crippen LogP contribution in [0.15, 0.2) is 42.0 Å². The van der Waals surface area contributed by atoms with Crippen LogP contribution in [0.5, 0.6) is 0 Å². The maximum Gasteiger partial charge on any atom is 0.338 e. The van der Waals surface area contributed by atoms with Crippen molar-refractivity contribution in [2.24, 2.45) is 50.7 Å². The van der Waals surface area contributed by atoms with E-state index in [1.54, 1.807) is 78.0 Å². The van der Waals surface area contributed by atoms with Crippen molar-refractivity contribution in [2.45, 2.75) is 125 Å². The Kier molecular flexibility index (Phi) is 12.3. The van der Waals surface area contributed by atoms with Gasteiger partial charge >= 0.3 is 47.8 Å². The first-order valence-corrected chi connectivity index (χ1v) is 21.4.